The molecule has 1 aromatic carbocycles. The Balaban J connectivity index is 1.61. The zero-order valence-electron chi connectivity index (χ0n) is 13.9. The maximum atomic E-state index is 12.4. The molecule has 3 unspecified atom stereocenters. The molecule has 0 aromatic heterocycles. The summed E-state index contributed by atoms with van der Waals surface area (Å²) in [7, 11) is 0. The molecular weight excluding hydrogens is 288 g/mol. The quantitative estimate of drug-likeness (QED) is 0.929. The summed E-state index contributed by atoms with van der Waals surface area (Å²) in [6, 6.07) is 6.44. The third-order valence-corrected chi connectivity index (χ3v) is 6.77. The van der Waals surface area contributed by atoms with Crippen molar-refractivity contribution in [2.24, 2.45) is 17.3 Å². The van der Waals surface area contributed by atoms with Gasteiger partial charge in [0.2, 0.25) is 0 Å². The van der Waals surface area contributed by atoms with Gasteiger partial charge in [-0.3, -0.25) is 4.79 Å². The summed E-state index contributed by atoms with van der Waals surface area (Å²) in [5, 5.41) is 8.90. The van der Waals surface area contributed by atoms with Crippen LogP contribution in [0.3, 0.4) is 0 Å². The van der Waals surface area contributed by atoms with Gasteiger partial charge in [-0.1, -0.05) is 13.0 Å². The second-order valence-electron chi connectivity index (χ2n) is 7.77. The van der Waals surface area contributed by atoms with Crippen LogP contribution in [0.5, 0.6) is 5.75 Å². The van der Waals surface area contributed by atoms with E-state index in [-0.39, 0.29) is 12.0 Å². The monoisotopic (exact) mass is 314 g/mol. The molecule has 124 valence electrons. The van der Waals surface area contributed by atoms with Crippen molar-refractivity contribution < 1.29 is 14.6 Å². The van der Waals surface area contributed by atoms with E-state index in [1.807, 2.05) is 6.07 Å². The molecule has 3 nitrogen and oxygen atoms in total. The lowest BCUT2D eigenvalue weighted by atomic mass is 9.55. The Kier molecular flexibility index (Phi) is 3.72. The molecule has 1 aromatic rings. The molecule has 0 radical (unpaired) electrons. The third kappa shape index (κ3) is 2.32. The first-order valence-corrected chi connectivity index (χ1v) is 9.03. The van der Waals surface area contributed by atoms with Crippen LogP contribution in [-0.2, 0) is 11.2 Å². The van der Waals surface area contributed by atoms with E-state index in [2.05, 4.69) is 19.1 Å². The molecule has 0 spiro atoms. The van der Waals surface area contributed by atoms with E-state index in [1.54, 1.807) is 0 Å². The number of aryl methyl sites for hydroxylation is 1. The van der Waals surface area contributed by atoms with Gasteiger partial charge < -0.3 is 9.84 Å². The number of carbonyl (C=O) groups is 1. The molecule has 23 heavy (non-hydrogen) atoms. The van der Waals surface area contributed by atoms with E-state index in [0.717, 1.165) is 37.9 Å². The number of hydrogen-bond donors (Lipinski definition) is 1. The van der Waals surface area contributed by atoms with Gasteiger partial charge in [-0.15, -0.1) is 0 Å². The van der Waals surface area contributed by atoms with Crippen LogP contribution in [0.1, 0.15) is 56.1 Å². The van der Waals surface area contributed by atoms with Crippen molar-refractivity contribution in [3.8, 4) is 5.75 Å². The molecule has 4 atom stereocenters. The number of rotatable bonds is 3. The minimum Gasteiger partial charge on any atom is -0.491 e. The van der Waals surface area contributed by atoms with Crippen LogP contribution < -0.4 is 4.74 Å². The summed E-state index contributed by atoms with van der Waals surface area (Å²) in [6.45, 7) is 2.63. The normalized spacial score (nSPS) is 35.4. The Hall–Kier alpha value is -1.35. The standard InChI is InChI=1S/C20H26O3/c1-20-9-8-16-15-5-3-14(23-11-10-21)12-13(15)2-4-17(16)18(20)6-7-19(20)22/h3,5,12,16-18,21H,2,4,6-11H2,1H3/t16?,17?,18?,20-/m0/s1. The van der Waals surface area contributed by atoms with Gasteiger partial charge in [-0.2, -0.15) is 0 Å². The van der Waals surface area contributed by atoms with Crippen molar-refractivity contribution in [3.05, 3.63) is 29.3 Å². The Morgan fingerprint density at radius 2 is 2.13 bits per heavy atom. The van der Waals surface area contributed by atoms with Crippen molar-refractivity contribution >= 4 is 5.78 Å². The predicted octanol–water partition coefficient (Wildman–Crippen LogP) is 3.48. The van der Waals surface area contributed by atoms with E-state index < -0.39 is 0 Å². The average molecular weight is 314 g/mol. The molecule has 2 saturated carbocycles. The number of benzene rings is 1. The van der Waals surface area contributed by atoms with Crippen LogP contribution in [-0.4, -0.2) is 24.1 Å². The highest BCUT2D eigenvalue weighted by Crippen LogP contribution is 2.59. The number of aliphatic hydroxyl groups excluding tert-OH is 1. The largest absolute Gasteiger partial charge is 0.491 e. The van der Waals surface area contributed by atoms with Crippen molar-refractivity contribution in [3.63, 3.8) is 0 Å². The topological polar surface area (TPSA) is 46.5 Å². The number of aliphatic hydroxyl groups is 1. The first-order chi connectivity index (χ1) is 11.1. The summed E-state index contributed by atoms with van der Waals surface area (Å²) >= 11 is 0. The highest BCUT2D eigenvalue weighted by atomic mass is 16.5. The lowest BCUT2D eigenvalue weighted by molar-refractivity contribution is -0.129. The smallest absolute Gasteiger partial charge is 0.139 e. The SMILES string of the molecule is C[C@]12CCC3c4ccc(OCCO)cc4CCC3C1CCC2=O. The molecule has 2 fully saturated rings. The Labute approximate surface area is 138 Å². The van der Waals surface area contributed by atoms with Crippen LogP contribution in [0.4, 0.5) is 0 Å². The molecule has 0 aliphatic heterocycles. The number of carbonyl (C=O) groups excluding carboxylic acids is 1. The Bertz CT molecular complexity index is 623. The fourth-order valence-electron chi connectivity index (χ4n) is 5.58. The lowest BCUT2D eigenvalue weighted by Crippen LogP contribution is -2.42. The number of fused-ring (bicyclic) bond motifs is 5. The molecule has 1 N–H and O–H groups in total. The van der Waals surface area contributed by atoms with E-state index in [0.29, 0.717) is 30.1 Å². The molecule has 0 bridgehead atoms. The first-order valence-electron chi connectivity index (χ1n) is 9.03. The van der Waals surface area contributed by atoms with Crippen molar-refractivity contribution in [1.29, 1.82) is 0 Å². The minimum absolute atomic E-state index is 0.0388. The zero-order valence-corrected chi connectivity index (χ0v) is 13.9. The number of hydrogen-bond acceptors (Lipinski definition) is 3. The molecule has 3 heteroatoms. The predicted molar refractivity (Wildman–Crippen MR) is 88.6 cm³/mol. The van der Waals surface area contributed by atoms with Gasteiger partial charge in [0, 0.05) is 11.8 Å². The maximum absolute atomic E-state index is 12.4. The minimum atomic E-state index is -0.0388. The van der Waals surface area contributed by atoms with Gasteiger partial charge in [0.25, 0.3) is 0 Å². The van der Waals surface area contributed by atoms with E-state index in [1.165, 1.54) is 17.5 Å². The second-order valence-corrected chi connectivity index (χ2v) is 7.77. The van der Waals surface area contributed by atoms with Crippen molar-refractivity contribution in [1.82, 2.24) is 0 Å². The van der Waals surface area contributed by atoms with E-state index >= 15 is 0 Å². The molecule has 0 heterocycles. The van der Waals surface area contributed by atoms with Gasteiger partial charge in [-0.05, 0) is 73.1 Å². The fraction of sp³-hybridized carbons (Fsp3) is 0.650. The molecule has 0 saturated heterocycles. The van der Waals surface area contributed by atoms with Crippen LogP contribution in [0.15, 0.2) is 18.2 Å². The molecule has 4 rings (SSSR count). The highest BCUT2D eigenvalue weighted by molar-refractivity contribution is 5.87. The average Bonchev–Trinajstić information content (AvgIpc) is 2.88. The van der Waals surface area contributed by atoms with E-state index in [9.17, 15) is 4.79 Å². The van der Waals surface area contributed by atoms with E-state index in [4.69, 9.17) is 9.84 Å². The van der Waals surface area contributed by atoms with Crippen LogP contribution >= 0.6 is 0 Å². The van der Waals surface area contributed by atoms with Gasteiger partial charge in [0.15, 0.2) is 0 Å². The summed E-state index contributed by atoms with van der Waals surface area (Å²) in [4.78, 5) is 12.4. The second kappa shape index (κ2) is 5.62. The first kappa shape index (κ1) is 15.2. The van der Waals surface area contributed by atoms with Crippen LogP contribution in [0.2, 0.25) is 0 Å². The number of Topliss-reactive ketones (excluding diaryl/α,β-unsaturated/α-hetero) is 1. The van der Waals surface area contributed by atoms with Gasteiger partial charge in [-0.25, -0.2) is 0 Å². The Morgan fingerprint density at radius 1 is 1.26 bits per heavy atom. The van der Waals surface area contributed by atoms with Gasteiger partial charge in [0.1, 0.15) is 18.1 Å². The molecule has 3 aliphatic rings. The number of ether oxygens (including phenoxy) is 1. The van der Waals surface area contributed by atoms with Crippen LogP contribution in [0, 0.1) is 17.3 Å². The summed E-state index contributed by atoms with van der Waals surface area (Å²) in [5.74, 6) is 3.27. The van der Waals surface area contributed by atoms with Gasteiger partial charge in [0.05, 0.1) is 6.61 Å². The fourth-order valence-corrected chi connectivity index (χ4v) is 5.58. The summed E-state index contributed by atoms with van der Waals surface area (Å²) < 4.78 is 5.56. The van der Waals surface area contributed by atoms with Gasteiger partial charge >= 0.3 is 0 Å². The lowest BCUT2D eigenvalue weighted by Gasteiger charge is -2.48. The van der Waals surface area contributed by atoms with Crippen LogP contribution in [0.25, 0.3) is 0 Å². The maximum Gasteiger partial charge on any atom is 0.139 e. The molecular formula is C20H26O3. The zero-order chi connectivity index (χ0) is 16.0. The molecule has 0 amide bonds. The summed E-state index contributed by atoms with van der Waals surface area (Å²) in [5.41, 5.74) is 2.86. The highest BCUT2D eigenvalue weighted by Gasteiger charge is 2.54. The van der Waals surface area contributed by atoms with Crippen molar-refractivity contribution in [2.45, 2.75) is 51.4 Å². The van der Waals surface area contributed by atoms with Crippen molar-refractivity contribution in [2.75, 3.05) is 13.2 Å². The third-order valence-electron chi connectivity index (χ3n) is 6.77. The Morgan fingerprint density at radius 3 is 2.96 bits per heavy atom. The number of ketones is 1. The summed E-state index contributed by atoms with van der Waals surface area (Å²) in [6.07, 6.45) is 6.39. The molecule has 3 aliphatic carbocycles.